The lowest BCUT2D eigenvalue weighted by Gasteiger charge is -2.34. The molecule has 2 heterocycles. The highest BCUT2D eigenvalue weighted by molar-refractivity contribution is 6.43. The second-order valence-corrected chi connectivity index (χ2v) is 6.25. The summed E-state index contributed by atoms with van der Waals surface area (Å²) in [5.41, 5.74) is 0.474. The number of ether oxygens (including phenoxy) is 1. The maximum atomic E-state index is 12.5. The lowest BCUT2D eigenvalue weighted by molar-refractivity contribution is -0.119. The number of rotatable bonds is 4. The van der Waals surface area contributed by atoms with E-state index < -0.39 is 23.2 Å². The van der Waals surface area contributed by atoms with Gasteiger partial charge in [0.2, 0.25) is 0 Å². The first kappa shape index (κ1) is 17.2. The Morgan fingerprint density at radius 1 is 1.22 bits per heavy atom. The van der Waals surface area contributed by atoms with Gasteiger partial charge in [-0.1, -0.05) is 0 Å². The molecular formula is C16H22N2O5. The van der Waals surface area contributed by atoms with Crippen molar-refractivity contribution in [2.45, 2.75) is 39.2 Å². The zero-order chi connectivity index (χ0) is 17.4. The van der Waals surface area contributed by atoms with Gasteiger partial charge in [0.25, 0.3) is 11.7 Å². The smallest absolute Gasteiger partial charge is 0.337 e. The van der Waals surface area contributed by atoms with Gasteiger partial charge in [0.05, 0.1) is 11.3 Å². The molecule has 2 rings (SSSR count). The van der Waals surface area contributed by atoms with E-state index >= 15 is 0 Å². The lowest BCUT2D eigenvalue weighted by atomic mass is 9.92. The normalized spacial score (nSPS) is 16.9. The van der Waals surface area contributed by atoms with Crippen LogP contribution in [0.5, 0.6) is 0 Å². The minimum absolute atomic E-state index is 0.0703. The van der Waals surface area contributed by atoms with Gasteiger partial charge in [0.15, 0.2) is 0 Å². The molecule has 0 aliphatic carbocycles. The first-order valence-electron chi connectivity index (χ1n) is 7.51. The Kier molecular flexibility index (Phi) is 4.61. The first-order valence-corrected chi connectivity index (χ1v) is 7.51. The number of nitrogens with one attached hydrogen (secondary N) is 1. The third-order valence-corrected chi connectivity index (χ3v) is 4.58. The average Bonchev–Trinajstić information content (AvgIpc) is 2.68. The van der Waals surface area contributed by atoms with Gasteiger partial charge in [-0.2, -0.15) is 0 Å². The molecule has 7 heteroatoms. The number of Topliss-reactive ketones (excluding diaryl/α,β-unsaturated/α-hetero) is 1. The minimum atomic E-state index is -1.11. The summed E-state index contributed by atoms with van der Waals surface area (Å²) in [6.45, 7) is 6.12. The Labute approximate surface area is 134 Å². The number of nitrogens with zero attached hydrogens (tertiary/aromatic N) is 1. The number of ketones is 1. The number of amides is 1. The third kappa shape index (κ3) is 3.14. The predicted molar refractivity (Wildman–Crippen MR) is 82.8 cm³/mol. The number of carbonyl (C=O) groups excluding carboxylic acids is 2. The zero-order valence-corrected chi connectivity index (χ0v) is 13.9. The summed E-state index contributed by atoms with van der Waals surface area (Å²) in [5.74, 6) is -2.53. The maximum Gasteiger partial charge on any atom is 0.337 e. The summed E-state index contributed by atoms with van der Waals surface area (Å²) in [5, 5.41) is 12.0. The summed E-state index contributed by atoms with van der Waals surface area (Å²) < 4.78 is 6.73. The summed E-state index contributed by atoms with van der Waals surface area (Å²) in [6, 6.07) is 0. The van der Waals surface area contributed by atoms with Gasteiger partial charge in [0.1, 0.15) is 0 Å². The van der Waals surface area contributed by atoms with Crippen LogP contribution >= 0.6 is 0 Å². The van der Waals surface area contributed by atoms with Crippen molar-refractivity contribution >= 4 is 17.7 Å². The van der Waals surface area contributed by atoms with Crippen LogP contribution in [0.15, 0.2) is 0 Å². The molecule has 7 nitrogen and oxygen atoms in total. The van der Waals surface area contributed by atoms with E-state index in [-0.39, 0.29) is 11.3 Å². The lowest BCUT2D eigenvalue weighted by Crippen LogP contribution is -2.51. The number of aromatic nitrogens is 1. The van der Waals surface area contributed by atoms with Crippen molar-refractivity contribution in [3.8, 4) is 0 Å². The van der Waals surface area contributed by atoms with Crippen molar-refractivity contribution in [3.63, 3.8) is 0 Å². The largest absolute Gasteiger partial charge is 0.478 e. The number of carboxylic acids is 1. The molecule has 126 valence electrons. The number of hydrogen-bond acceptors (Lipinski definition) is 4. The van der Waals surface area contributed by atoms with Gasteiger partial charge in [-0.3, -0.25) is 9.59 Å². The van der Waals surface area contributed by atoms with Gasteiger partial charge < -0.3 is 19.7 Å². The Morgan fingerprint density at radius 3 is 2.26 bits per heavy atom. The zero-order valence-electron chi connectivity index (χ0n) is 13.9. The standard InChI is InChI=1S/C16H22N2O5/c1-9-11(15(21)22)10(2)18(4)12(9)13(19)14(20)17-16(3)5-7-23-8-6-16/h5-8H2,1-4H3,(H,17,20)(H,21,22). The van der Waals surface area contributed by atoms with Crippen molar-refractivity contribution < 1.29 is 24.2 Å². The molecule has 0 atom stereocenters. The van der Waals surface area contributed by atoms with Crippen molar-refractivity contribution in [3.05, 3.63) is 22.5 Å². The SMILES string of the molecule is Cc1c(C(=O)O)c(C)n(C)c1C(=O)C(=O)NC1(C)CCOCC1. The molecule has 0 radical (unpaired) electrons. The molecule has 1 saturated heterocycles. The van der Waals surface area contributed by atoms with Crippen LogP contribution in [-0.4, -0.2) is 46.1 Å². The fourth-order valence-electron chi connectivity index (χ4n) is 3.00. The highest BCUT2D eigenvalue weighted by atomic mass is 16.5. The van der Waals surface area contributed by atoms with E-state index in [4.69, 9.17) is 4.74 Å². The van der Waals surface area contributed by atoms with Gasteiger partial charge in [-0.05, 0) is 39.2 Å². The predicted octanol–water partition coefficient (Wildman–Crippen LogP) is 1.21. The molecule has 2 N–H and O–H groups in total. The Bertz CT molecular complexity index is 669. The molecule has 0 spiro atoms. The van der Waals surface area contributed by atoms with Crippen LogP contribution in [0.25, 0.3) is 0 Å². The van der Waals surface area contributed by atoms with E-state index in [1.165, 1.54) is 4.57 Å². The molecule has 0 bridgehead atoms. The monoisotopic (exact) mass is 322 g/mol. The van der Waals surface area contributed by atoms with Crippen molar-refractivity contribution in [2.75, 3.05) is 13.2 Å². The van der Waals surface area contributed by atoms with Gasteiger partial charge in [-0.15, -0.1) is 0 Å². The number of carbonyl (C=O) groups is 3. The van der Waals surface area contributed by atoms with E-state index in [1.54, 1.807) is 20.9 Å². The van der Waals surface area contributed by atoms with Gasteiger partial charge >= 0.3 is 5.97 Å². The van der Waals surface area contributed by atoms with Crippen LogP contribution in [0.2, 0.25) is 0 Å². The molecule has 0 unspecified atom stereocenters. The summed E-state index contributed by atoms with van der Waals surface area (Å²) in [7, 11) is 1.59. The fraction of sp³-hybridized carbons (Fsp3) is 0.562. The highest BCUT2D eigenvalue weighted by Crippen LogP contribution is 2.23. The van der Waals surface area contributed by atoms with Crippen LogP contribution in [-0.2, 0) is 16.6 Å². The molecule has 1 aliphatic rings. The van der Waals surface area contributed by atoms with Crippen LogP contribution in [0.4, 0.5) is 0 Å². The number of aromatic carboxylic acids is 1. The van der Waals surface area contributed by atoms with Crippen molar-refractivity contribution in [1.29, 1.82) is 0 Å². The molecule has 0 saturated carbocycles. The van der Waals surface area contributed by atoms with Crippen molar-refractivity contribution in [2.24, 2.45) is 7.05 Å². The molecular weight excluding hydrogens is 300 g/mol. The minimum Gasteiger partial charge on any atom is -0.478 e. The molecule has 1 amide bonds. The third-order valence-electron chi connectivity index (χ3n) is 4.58. The van der Waals surface area contributed by atoms with E-state index in [2.05, 4.69) is 5.32 Å². The van der Waals surface area contributed by atoms with Crippen LogP contribution in [0, 0.1) is 13.8 Å². The Morgan fingerprint density at radius 2 is 1.78 bits per heavy atom. The summed E-state index contributed by atoms with van der Waals surface area (Å²) in [4.78, 5) is 36.2. The quantitative estimate of drug-likeness (QED) is 0.641. The molecule has 1 fully saturated rings. The van der Waals surface area contributed by atoms with E-state index in [9.17, 15) is 19.5 Å². The second kappa shape index (κ2) is 6.16. The number of carboxylic acid groups (broad SMARTS) is 1. The van der Waals surface area contributed by atoms with Gasteiger partial charge in [0, 0.05) is 31.5 Å². The van der Waals surface area contributed by atoms with Crippen molar-refractivity contribution in [1.82, 2.24) is 9.88 Å². The van der Waals surface area contributed by atoms with E-state index in [0.717, 1.165) is 0 Å². The van der Waals surface area contributed by atoms with E-state index in [0.29, 0.717) is 37.3 Å². The van der Waals surface area contributed by atoms with Crippen LogP contribution < -0.4 is 5.32 Å². The molecule has 1 aliphatic heterocycles. The van der Waals surface area contributed by atoms with Crippen LogP contribution in [0.1, 0.15) is 51.9 Å². The average molecular weight is 322 g/mol. The topological polar surface area (TPSA) is 97.6 Å². The highest BCUT2D eigenvalue weighted by Gasteiger charge is 2.34. The summed E-state index contributed by atoms with van der Waals surface area (Å²) >= 11 is 0. The molecule has 1 aromatic rings. The molecule has 1 aromatic heterocycles. The Hall–Kier alpha value is -2.15. The van der Waals surface area contributed by atoms with Crippen LogP contribution in [0.3, 0.4) is 0 Å². The fourth-order valence-corrected chi connectivity index (χ4v) is 3.00. The van der Waals surface area contributed by atoms with Gasteiger partial charge in [-0.25, -0.2) is 4.79 Å². The second-order valence-electron chi connectivity index (χ2n) is 6.25. The Balaban J connectivity index is 2.28. The first-order chi connectivity index (χ1) is 10.7. The van der Waals surface area contributed by atoms with E-state index in [1.807, 2.05) is 6.92 Å². The maximum absolute atomic E-state index is 12.5. The number of hydrogen-bond donors (Lipinski definition) is 2. The molecule has 23 heavy (non-hydrogen) atoms. The summed E-state index contributed by atoms with van der Waals surface area (Å²) in [6.07, 6.45) is 1.27. The molecule has 0 aromatic carbocycles.